The van der Waals surface area contributed by atoms with Crippen molar-refractivity contribution in [3.05, 3.63) is 35.9 Å². The number of hydrogen-bond acceptors (Lipinski definition) is 2. The van der Waals surface area contributed by atoms with E-state index in [1.54, 1.807) is 6.07 Å². The Kier molecular flexibility index (Phi) is 4.88. The van der Waals surface area contributed by atoms with Crippen LogP contribution in [-0.4, -0.2) is 18.8 Å². The van der Waals surface area contributed by atoms with Gasteiger partial charge in [-0.15, -0.1) is 23.2 Å². The maximum Gasteiger partial charge on any atom is 0.511 e. The highest BCUT2D eigenvalue weighted by atomic mass is 35.5. The molecular weight excluding hydrogens is 314 g/mol. The molecule has 0 aliphatic heterocycles. The van der Waals surface area contributed by atoms with E-state index in [2.05, 4.69) is 0 Å². The van der Waals surface area contributed by atoms with Crippen LogP contribution in [-0.2, 0) is 10.0 Å². The molecule has 0 aliphatic carbocycles. The van der Waals surface area contributed by atoms with Crippen LogP contribution in [0.5, 0.6) is 0 Å². The Hall–Kier alpha value is -0.500. The molecule has 0 bridgehead atoms. The molecule has 102 valence electrons. The molecule has 1 N–H and O–H groups in total. The largest absolute Gasteiger partial charge is 0.511 e. The summed E-state index contributed by atoms with van der Waals surface area (Å²) in [5.41, 5.74) is -5.18. The Balaban J connectivity index is 3.04. The molecule has 0 amide bonds. The monoisotopic (exact) mass is 321 g/mol. The number of hydrogen-bond donors (Lipinski definition) is 1. The molecule has 0 aromatic heterocycles. The van der Waals surface area contributed by atoms with Crippen molar-refractivity contribution in [3.8, 4) is 0 Å². The highest BCUT2D eigenvalue weighted by Crippen LogP contribution is 2.29. The lowest BCUT2D eigenvalue weighted by molar-refractivity contribution is -0.0450. The molecule has 0 unspecified atom stereocenters. The van der Waals surface area contributed by atoms with E-state index in [0.717, 1.165) is 0 Å². The van der Waals surface area contributed by atoms with E-state index < -0.39 is 26.4 Å². The van der Waals surface area contributed by atoms with Gasteiger partial charge < -0.3 is 0 Å². The molecule has 0 heterocycles. The lowest BCUT2D eigenvalue weighted by atomic mass is 10.1. The minimum absolute atomic E-state index is 0.236. The van der Waals surface area contributed by atoms with Gasteiger partial charge in [0.2, 0.25) is 0 Å². The first kappa shape index (κ1) is 15.6. The fraction of sp³-hybridized carbons (Fsp3) is 0.333. The molecule has 0 fully saturated rings. The maximum atomic E-state index is 12.2. The van der Waals surface area contributed by atoms with Crippen molar-refractivity contribution < 1.29 is 21.6 Å². The summed E-state index contributed by atoms with van der Waals surface area (Å²) >= 11 is 11.0. The third-order valence-corrected chi connectivity index (χ3v) is 3.68. The molecule has 9 heteroatoms. The van der Waals surface area contributed by atoms with Crippen LogP contribution in [0.25, 0.3) is 0 Å². The first-order valence-corrected chi connectivity index (χ1v) is 6.92. The second-order valence-electron chi connectivity index (χ2n) is 3.29. The molecule has 0 aliphatic rings. The van der Waals surface area contributed by atoms with Crippen molar-refractivity contribution in [2.45, 2.75) is 16.4 Å². The predicted molar refractivity (Wildman–Crippen MR) is 62.8 cm³/mol. The highest BCUT2D eigenvalue weighted by Gasteiger charge is 2.47. The van der Waals surface area contributed by atoms with Gasteiger partial charge in [-0.3, -0.25) is 0 Å². The van der Waals surface area contributed by atoms with E-state index in [9.17, 15) is 21.6 Å². The van der Waals surface area contributed by atoms with Crippen molar-refractivity contribution in [1.29, 1.82) is 0 Å². The van der Waals surface area contributed by atoms with Gasteiger partial charge in [0, 0.05) is 0 Å². The zero-order valence-electron chi connectivity index (χ0n) is 8.66. The number of rotatable bonds is 4. The summed E-state index contributed by atoms with van der Waals surface area (Å²) in [5, 5.41) is 0. The van der Waals surface area contributed by atoms with Crippen LogP contribution in [0.1, 0.15) is 11.6 Å². The van der Waals surface area contributed by atoms with Crippen LogP contribution in [0.4, 0.5) is 13.2 Å². The van der Waals surface area contributed by atoms with Gasteiger partial charge in [0.25, 0.3) is 0 Å². The van der Waals surface area contributed by atoms with Gasteiger partial charge in [-0.1, -0.05) is 30.3 Å². The molecule has 0 spiro atoms. The van der Waals surface area contributed by atoms with E-state index in [1.165, 1.54) is 29.0 Å². The van der Waals surface area contributed by atoms with E-state index >= 15 is 0 Å². The Labute approximate surface area is 112 Å². The Morgan fingerprint density at radius 2 is 1.61 bits per heavy atom. The van der Waals surface area contributed by atoms with Crippen molar-refractivity contribution >= 4 is 33.2 Å². The van der Waals surface area contributed by atoms with Gasteiger partial charge >= 0.3 is 15.5 Å². The number of halogens is 5. The highest BCUT2D eigenvalue weighted by molar-refractivity contribution is 7.90. The summed E-state index contributed by atoms with van der Waals surface area (Å²) in [6.07, 6.45) is 0. The fourth-order valence-electron chi connectivity index (χ4n) is 1.16. The topological polar surface area (TPSA) is 46.2 Å². The smallest absolute Gasteiger partial charge is 0.203 e. The van der Waals surface area contributed by atoms with Crippen molar-refractivity contribution in [2.24, 2.45) is 0 Å². The van der Waals surface area contributed by atoms with Crippen LogP contribution < -0.4 is 4.72 Å². The van der Waals surface area contributed by atoms with Gasteiger partial charge in [0.1, 0.15) is 4.84 Å². The second kappa shape index (κ2) is 5.64. The molecule has 1 aromatic rings. The van der Waals surface area contributed by atoms with Gasteiger partial charge in [0.15, 0.2) is 0 Å². The summed E-state index contributed by atoms with van der Waals surface area (Å²) in [6.45, 7) is 0. The lowest BCUT2D eigenvalue weighted by Crippen LogP contribution is -2.40. The molecule has 1 rings (SSSR count). The van der Waals surface area contributed by atoms with Gasteiger partial charge in [-0.2, -0.15) is 17.9 Å². The number of sulfonamides is 1. The zero-order chi connectivity index (χ0) is 14.0. The van der Waals surface area contributed by atoms with Gasteiger partial charge in [-0.25, -0.2) is 8.42 Å². The average Bonchev–Trinajstić information content (AvgIpc) is 2.25. The molecule has 0 saturated carbocycles. The first-order chi connectivity index (χ1) is 8.15. The van der Waals surface area contributed by atoms with E-state index in [-0.39, 0.29) is 5.56 Å². The summed E-state index contributed by atoms with van der Waals surface area (Å²) in [4.78, 5) is -1.36. The summed E-state index contributed by atoms with van der Waals surface area (Å²) < 4.78 is 60.1. The second-order valence-corrected chi connectivity index (χ2v) is 6.16. The minimum atomic E-state index is -5.51. The quantitative estimate of drug-likeness (QED) is 0.866. The van der Waals surface area contributed by atoms with Crippen molar-refractivity contribution in [1.82, 2.24) is 4.72 Å². The average molecular weight is 322 g/mol. The third-order valence-electron chi connectivity index (χ3n) is 2.00. The van der Waals surface area contributed by atoms with Crippen LogP contribution in [0.2, 0.25) is 0 Å². The SMILES string of the molecule is O=S(=O)(N[C@H](c1ccccc1)C(Cl)Cl)C(F)(F)F. The number of nitrogens with one attached hydrogen (secondary N) is 1. The summed E-state index contributed by atoms with van der Waals surface area (Å²) in [5.74, 6) is 0. The third kappa shape index (κ3) is 3.74. The molecule has 18 heavy (non-hydrogen) atoms. The predicted octanol–water partition coefficient (Wildman–Crippen LogP) is 2.97. The molecule has 0 saturated heterocycles. The number of benzene rings is 1. The van der Waals surface area contributed by atoms with E-state index in [4.69, 9.17) is 23.2 Å². The lowest BCUT2D eigenvalue weighted by Gasteiger charge is -2.20. The molecule has 1 aromatic carbocycles. The summed E-state index contributed by atoms with van der Waals surface area (Å²) in [7, 11) is -5.51. The van der Waals surface area contributed by atoms with Crippen molar-refractivity contribution in [3.63, 3.8) is 0 Å². The Bertz CT molecular complexity index is 490. The Morgan fingerprint density at radius 3 is 2.00 bits per heavy atom. The van der Waals surface area contributed by atoms with E-state index in [1.807, 2.05) is 0 Å². The van der Waals surface area contributed by atoms with E-state index in [0.29, 0.717) is 0 Å². The minimum Gasteiger partial charge on any atom is -0.203 e. The van der Waals surface area contributed by atoms with Crippen LogP contribution in [0.3, 0.4) is 0 Å². The van der Waals surface area contributed by atoms with Crippen LogP contribution >= 0.6 is 23.2 Å². The maximum absolute atomic E-state index is 12.2. The number of alkyl halides is 5. The standard InChI is InChI=1S/C9H8Cl2F3NO2S/c10-8(11)7(6-4-2-1-3-5-6)15-18(16,17)9(12,13)14/h1-5,7-8,15H/t7-/m1/s1. The first-order valence-electron chi connectivity index (χ1n) is 4.57. The molecule has 3 nitrogen and oxygen atoms in total. The van der Waals surface area contributed by atoms with Gasteiger partial charge in [0.05, 0.1) is 6.04 Å². The molecule has 1 atom stereocenters. The molecular formula is C9H8Cl2F3NO2S. The van der Waals surface area contributed by atoms with Crippen LogP contribution in [0.15, 0.2) is 30.3 Å². The van der Waals surface area contributed by atoms with Crippen LogP contribution in [0, 0.1) is 0 Å². The molecule has 0 radical (unpaired) electrons. The fourth-order valence-corrected chi connectivity index (χ4v) is 2.47. The van der Waals surface area contributed by atoms with Gasteiger partial charge in [-0.05, 0) is 5.56 Å². The van der Waals surface area contributed by atoms with Crippen molar-refractivity contribution in [2.75, 3.05) is 0 Å². The normalized spacial score (nSPS) is 14.8. The Morgan fingerprint density at radius 1 is 1.11 bits per heavy atom. The summed E-state index contributed by atoms with van der Waals surface area (Å²) in [6, 6.07) is 6.14. The zero-order valence-corrected chi connectivity index (χ0v) is 11.0.